The maximum atomic E-state index is 11.2. The number of hydrogen-bond donors (Lipinski definition) is 2. The Hall–Kier alpha value is -1.54. The average Bonchev–Trinajstić information content (AvgIpc) is 2.27. The van der Waals surface area contributed by atoms with Crippen LogP contribution in [-0.2, 0) is 4.79 Å². The topological polar surface area (TPSA) is 64.9 Å². The van der Waals surface area contributed by atoms with Crippen LogP contribution in [0.1, 0.15) is 12.5 Å². The van der Waals surface area contributed by atoms with Crippen LogP contribution in [0.2, 0.25) is 0 Å². The minimum absolute atomic E-state index is 0.0913. The largest absolute Gasteiger partial charge is 0.375 e. The lowest BCUT2D eigenvalue weighted by molar-refractivity contribution is -0.119. The third-order valence-corrected chi connectivity index (χ3v) is 2.60. The maximum absolute atomic E-state index is 11.2. The molecule has 1 amide bonds. The van der Waals surface area contributed by atoms with Crippen LogP contribution in [0.3, 0.4) is 0 Å². The van der Waals surface area contributed by atoms with Gasteiger partial charge in [-0.15, -0.1) is 0 Å². The van der Waals surface area contributed by atoms with E-state index in [4.69, 9.17) is 5.26 Å². The highest BCUT2D eigenvalue weighted by Crippen LogP contribution is 2.23. The molecule has 0 aliphatic heterocycles. The molecule has 0 bridgehead atoms. The second kappa shape index (κ2) is 6.13. The number of rotatable bonds is 4. The zero-order chi connectivity index (χ0) is 12.0. The van der Waals surface area contributed by atoms with Gasteiger partial charge in [-0.2, -0.15) is 5.26 Å². The Balaban J connectivity index is 2.71. The van der Waals surface area contributed by atoms with Crippen LogP contribution in [0.25, 0.3) is 0 Å². The Morgan fingerprint density at radius 3 is 2.94 bits per heavy atom. The van der Waals surface area contributed by atoms with Crippen molar-refractivity contribution in [3.63, 3.8) is 0 Å². The Morgan fingerprint density at radius 2 is 2.31 bits per heavy atom. The summed E-state index contributed by atoms with van der Waals surface area (Å²) in [5.41, 5.74) is 1.16. The van der Waals surface area contributed by atoms with Gasteiger partial charge in [-0.1, -0.05) is 6.07 Å². The molecule has 2 N–H and O–H groups in total. The van der Waals surface area contributed by atoms with Gasteiger partial charge in [-0.05, 0) is 35.0 Å². The van der Waals surface area contributed by atoms with Gasteiger partial charge >= 0.3 is 0 Å². The number of halogens is 1. The van der Waals surface area contributed by atoms with Crippen LogP contribution in [-0.4, -0.2) is 19.0 Å². The summed E-state index contributed by atoms with van der Waals surface area (Å²) in [6.07, 6.45) is 0. The Morgan fingerprint density at radius 1 is 1.56 bits per heavy atom. The molecule has 0 spiro atoms. The lowest BCUT2D eigenvalue weighted by atomic mass is 10.2. The second-order valence-corrected chi connectivity index (χ2v) is 3.94. The molecule has 4 nitrogen and oxygen atoms in total. The Kier molecular flexibility index (Phi) is 4.80. The minimum Gasteiger partial charge on any atom is -0.375 e. The molecule has 5 heteroatoms. The highest BCUT2D eigenvalue weighted by molar-refractivity contribution is 9.10. The van der Waals surface area contributed by atoms with Gasteiger partial charge < -0.3 is 10.6 Å². The van der Waals surface area contributed by atoms with Gasteiger partial charge in [0.15, 0.2) is 0 Å². The van der Waals surface area contributed by atoms with Crippen molar-refractivity contribution in [3.8, 4) is 6.07 Å². The van der Waals surface area contributed by atoms with Crippen molar-refractivity contribution in [2.24, 2.45) is 0 Å². The first kappa shape index (κ1) is 12.5. The molecule has 0 heterocycles. The molecule has 1 rings (SSSR count). The summed E-state index contributed by atoms with van der Waals surface area (Å²) in [5, 5.41) is 14.5. The van der Waals surface area contributed by atoms with E-state index in [0.717, 1.165) is 4.47 Å². The fourth-order valence-corrected chi connectivity index (χ4v) is 1.68. The number of nitrogens with one attached hydrogen (secondary N) is 2. The third-order valence-electron chi connectivity index (χ3n) is 1.94. The molecule has 0 aliphatic rings. The number of anilines is 1. The zero-order valence-electron chi connectivity index (χ0n) is 8.88. The summed E-state index contributed by atoms with van der Waals surface area (Å²) in [5.74, 6) is -0.0913. The molecule has 0 aliphatic carbocycles. The van der Waals surface area contributed by atoms with Crippen molar-refractivity contribution in [3.05, 3.63) is 28.2 Å². The summed E-state index contributed by atoms with van der Waals surface area (Å²) in [6, 6.07) is 7.44. The van der Waals surface area contributed by atoms with E-state index in [1.54, 1.807) is 12.1 Å². The number of nitriles is 1. The summed E-state index contributed by atoms with van der Waals surface area (Å²) >= 11 is 3.28. The first-order chi connectivity index (χ1) is 7.69. The van der Waals surface area contributed by atoms with Crippen molar-refractivity contribution in [2.45, 2.75) is 6.92 Å². The first-order valence-corrected chi connectivity index (χ1v) is 5.67. The number of likely N-dealkylation sites (N-methyl/N-ethyl adjacent to an activating group) is 1. The molecule has 0 radical (unpaired) electrons. The second-order valence-electron chi connectivity index (χ2n) is 3.08. The molecular weight excluding hydrogens is 270 g/mol. The molecule has 0 fully saturated rings. The SMILES string of the molecule is CCNC(=O)CNc1cccc(Br)c1C#N. The maximum Gasteiger partial charge on any atom is 0.239 e. The van der Waals surface area contributed by atoms with E-state index < -0.39 is 0 Å². The monoisotopic (exact) mass is 281 g/mol. The normalized spacial score (nSPS) is 9.31. The molecule has 84 valence electrons. The van der Waals surface area contributed by atoms with Crippen molar-refractivity contribution in [1.29, 1.82) is 5.26 Å². The molecule has 0 aromatic heterocycles. The Bertz CT molecular complexity index is 426. The molecule has 16 heavy (non-hydrogen) atoms. The number of carbonyl (C=O) groups is 1. The van der Waals surface area contributed by atoms with Gasteiger partial charge in [0.25, 0.3) is 0 Å². The van der Waals surface area contributed by atoms with Crippen LogP contribution < -0.4 is 10.6 Å². The van der Waals surface area contributed by atoms with Gasteiger partial charge in [0.05, 0.1) is 17.8 Å². The number of amides is 1. The molecule has 1 aromatic carbocycles. The van der Waals surface area contributed by atoms with Gasteiger partial charge in [0.1, 0.15) is 6.07 Å². The lowest BCUT2D eigenvalue weighted by Gasteiger charge is -2.08. The van der Waals surface area contributed by atoms with E-state index >= 15 is 0 Å². The Labute approximate surface area is 103 Å². The minimum atomic E-state index is -0.0913. The predicted octanol–water partition coefficient (Wildman–Crippen LogP) is 1.87. The van der Waals surface area contributed by atoms with Crippen LogP contribution in [0, 0.1) is 11.3 Å². The van der Waals surface area contributed by atoms with Crippen molar-refractivity contribution in [2.75, 3.05) is 18.4 Å². The smallest absolute Gasteiger partial charge is 0.239 e. The molecule has 1 aromatic rings. The third kappa shape index (κ3) is 3.24. The van der Waals surface area contributed by atoms with E-state index in [1.807, 2.05) is 13.0 Å². The molecule has 0 saturated heterocycles. The van der Waals surface area contributed by atoms with Crippen LogP contribution in [0.15, 0.2) is 22.7 Å². The summed E-state index contributed by atoms with van der Waals surface area (Å²) < 4.78 is 0.718. The van der Waals surface area contributed by atoms with E-state index in [9.17, 15) is 4.79 Å². The highest BCUT2D eigenvalue weighted by Gasteiger charge is 2.06. The quantitative estimate of drug-likeness (QED) is 0.886. The number of hydrogen-bond acceptors (Lipinski definition) is 3. The molecular formula is C11H12BrN3O. The van der Waals surface area contributed by atoms with Crippen molar-refractivity contribution in [1.82, 2.24) is 5.32 Å². The number of carbonyl (C=O) groups excluding carboxylic acids is 1. The zero-order valence-corrected chi connectivity index (χ0v) is 10.5. The van der Waals surface area contributed by atoms with E-state index in [-0.39, 0.29) is 12.5 Å². The van der Waals surface area contributed by atoms with E-state index in [2.05, 4.69) is 32.6 Å². The van der Waals surface area contributed by atoms with E-state index in [0.29, 0.717) is 17.8 Å². The predicted molar refractivity (Wildman–Crippen MR) is 66.0 cm³/mol. The summed E-state index contributed by atoms with van der Waals surface area (Å²) in [7, 11) is 0. The number of benzene rings is 1. The van der Waals surface area contributed by atoms with Gasteiger partial charge in [0.2, 0.25) is 5.91 Å². The molecule has 0 unspecified atom stereocenters. The average molecular weight is 282 g/mol. The van der Waals surface area contributed by atoms with E-state index in [1.165, 1.54) is 0 Å². The van der Waals surface area contributed by atoms with Crippen molar-refractivity contribution < 1.29 is 4.79 Å². The first-order valence-electron chi connectivity index (χ1n) is 4.88. The van der Waals surface area contributed by atoms with Crippen LogP contribution >= 0.6 is 15.9 Å². The van der Waals surface area contributed by atoms with Gasteiger partial charge in [-0.25, -0.2) is 0 Å². The lowest BCUT2D eigenvalue weighted by Crippen LogP contribution is -2.29. The molecule has 0 saturated carbocycles. The molecule has 0 atom stereocenters. The fourth-order valence-electron chi connectivity index (χ4n) is 1.22. The van der Waals surface area contributed by atoms with Gasteiger partial charge in [0, 0.05) is 11.0 Å². The van der Waals surface area contributed by atoms with Crippen molar-refractivity contribution >= 4 is 27.5 Å². The summed E-state index contributed by atoms with van der Waals surface area (Å²) in [6.45, 7) is 2.63. The fraction of sp³-hybridized carbons (Fsp3) is 0.273. The van der Waals surface area contributed by atoms with Crippen LogP contribution in [0.5, 0.6) is 0 Å². The highest BCUT2D eigenvalue weighted by atomic mass is 79.9. The standard InChI is InChI=1S/C11H12BrN3O/c1-2-14-11(16)7-15-10-5-3-4-9(12)8(10)6-13/h3-5,15H,2,7H2,1H3,(H,14,16). The summed E-state index contributed by atoms with van der Waals surface area (Å²) in [4.78, 5) is 11.2. The van der Waals surface area contributed by atoms with Crippen LogP contribution in [0.4, 0.5) is 5.69 Å². The number of nitrogens with zero attached hydrogens (tertiary/aromatic N) is 1. The van der Waals surface area contributed by atoms with Gasteiger partial charge in [-0.3, -0.25) is 4.79 Å².